The molecule has 4 nitrogen and oxygen atoms in total. The number of nitrogens with zero attached hydrogens (tertiary/aromatic N) is 1. The summed E-state index contributed by atoms with van der Waals surface area (Å²) >= 11 is 0. The fourth-order valence-corrected chi connectivity index (χ4v) is 1.78. The Labute approximate surface area is 97.5 Å². The van der Waals surface area contributed by atoms with Gasteiger partial charge in [-0.25, -0.2) is 0 Å². The minimum absolute atomic E-state index is 0. The van der Waals surface area contributed by atoms with E-state index in [-0.39, 0.29) is 18.3 Å². The van der Waals surface area contributed by atoms with Crippen LogP contribution in [0.3, 0.4) is 0 Å². The molecule has 0 saturated carbocycles. The van der Waals surface area contributed by atoms with Crippen LogP contribution in [0.15, 0.2) is 0 Å². The van der Waals surface area contributed by atoms with Crippen molar-refractivity contribution in [3.05, 3.63) is 0 Å². The van der Waals surface area contributed by atoms with Crippen molar-refractivity contribution >= 4 is 18.3 Å². The van der Waals surface area contributed by atoms with Crippen molar-refractivity contribution in [2.24, 2.45) is 11.7 Å². The van der Waals surface area contributed by atoms with Crippen LogP contribution in [-0.2, 0) is 9.53 Å². The van der Waals surface area contributed by atoms with E-state index in [2.05, 4.69) is 0 Å². The van der Waals surface area contributed by atoms with Gasteiger partial charge >= 0.3 is 0 Å². The number of hydrogen-bond donors (Lipinski definition) is 1. The summed E-state index contributed by atoms with van der Waals surface area (Å²) in [6.45, 7) is 4.12. The Morgan fingerprint density at radius 3 is 2.80 bits per heavy atom. The van der Waals surface area contributed by atoms with Crippen molar-refractivity contribution in [3.63, 3.8) is 0 Å². The van der Waals surface area contributed by atoms with Crippen LogP contribution >= 0.6 is 12.4 Å². The smallest absolute Gasteiger partial charge is 0.238 e. The molecule has 1 saturated heterocycles. The summed E-state index contributed by atoms with van der Waals surface area (Å²) < 4.78 is 5.35. The van der Waals surface area contributed by atoms with Gasteiger partial charge in [-0.1, -0.05) is 0 Å². The average molecular weight is 237 g/mol. The number of likely N-dealkylation sites (N-methyl/N-ethyl adjacent to an activating group) is 1. The van der Waals surface area contributed by atoms with Crippen molar-refractivity contribution in [2.75, 3.05) is 26.8 Å². The van der Waals surface area contributed by atoms with Gasteiger partial charge in [-0.15, -0.1) is 12.4 Å². The minimum atomic E-state index is -0.399. The van der Waals surface area contributed by atoms with Gasteiger partial charge in [0.05, 0.1) is 12.6 Å². The molecule has 0 aromatic rings. The van der Waals surface area contributed by atoms with E-state index in [9.17, 15) is 4.79 Å². The molecule has 0 radical (unpaired) electrons. The molecule has 0 spiro atoms. The first-order valence-corrected chi connectivity index (χ1v) is 5.19. The molecule has 0 aromatic heterocycles. The molecule has 2 N–H and O–H groups in total. The SMILES string of the molecule is CC(N)C(=O)N(C)CC1CCCOC1.Cl. The van der Waals surface area contributed by atoms with Crippen LogP contribution in [0.5, 0.6) is 0 Å². The summed E-state index contributed by atoms with van der Waals surface area (Å²) in [4.78, 5) is 13.2. The maximum Gasteiger partial charge on any atom is 0.238 e. The summed E-state index contributed by atoms with van der Waals surface area (Å²) in [6, 6.07) is -0.399. The molecule has 0 aromatic carbocycles. The first kappa shape index (κ1) is 14.7. The number of carbonyl (C=O) groups is 1. The highest BCUT2D eigenvalue weighted by Gasteiger charge is 2.20. The van der Waals surface area contributed by atoms with Crippen LogP contribution in [0.1, 0.15) is 19.8 Å². The molecular formula is C10H21ClN2O2. The molecule has 1 heterocycles. The van der Waals surface area contributed by atoms with E-state index in [1.807, 2.05) is 0 Å². The minimum Gasteiger partial charge on any atom is -0.381 e. The molecule has 1 rings (SSSR count). The zero-order chi connectivity index (χ0) is 10.6. The van der Waals surface area contributed by atoms with Crippen molar-refractivity contribution in [2.45, 2.75) is 25.8 Å². The average Bonchev–Trinajstić information content (AvgIpc) is 2.18. The summed E-state index contributed by atoms with van der Waals surface area (Å²) in [5, 5.41) is 0. The standard InChI is InChI=1S/C10H20N2O2.ClH/c1-8(11)10(13)12(2)6-9-4-3-5-14-7-9;/h8-9H,3-7,11H2,1-2H3;1H. The van der Waals surface area contributed by atoms with Gasteiger partial charge in [0.1, 0.15) is 0 Å². The number of carbonyl (C=O) groups excluding carboxylic acids is 1. The van der Waals surface area contributed by atoms with E-state index in [4.69, 9.17) is 10.5 Å². The first-order valence-electron chi connectivity index (χ1n) is 5.19. The lowest BCUT2D eigenvalue weighted by Crippen LogP contribution is -2.43. The Morgan fingerprint density at radius 1 is 1.67 bits per heavy atom. The Kier molecular flexibility index (Phi) is 6.89. The van der Waals surface area contributed by atoms with Crippen LogP contribution in [0.4, 0.5) is 0 Å². The van der Waals surface area contributed by atoms with Crippen LogP contribution in [0.25, 0.3) is 0 Å². The topological polar surface area (TPSA) is 55.6 Å². The Bertz CT molecular complexity index is 194. The molecule has 1 amide bonds. The second-order valence-corrected chi connectivity index (χ2v) is 4.09. The molecule has 5 heteroatoms. The Morgan fingerprint density at radius 2 is 2.33 bits per heavy atom. The van der Waals surface area contributed by atoms with Gasteiger partial charge in [0, 0.05) is 20.2 Å². The number of hydrogen-bond acceptors (Lipinski definition) is 3. The molecule has 90 valence electrons. The van der Waals surface area contributed by atoms with E-state index in [1.54, 1.807) is 18.9 Å². The van der Waals surface area contributed by atoms with Gasteiger partial charge in [0.15, 0.2) is 0 Å². The number of amides is 1. The van der Waals surface area contributed by atoms with Crippen LogP contribution in [0.2, 0.25) is 0 Å². The third-order valence-electron chi connectivity index (χ3n) is 2.55. The maximum atomic E-state index is 11.5. The molecule has 2 atom stereocenters. The largest absolute Gasteiger partial charge is 0.381 e. The van der Waals surface area contributed by atoms with Crippen LogP contribution < -0.4 is 5.73 Å². The summed E-state index contributed by atoms with van der Waals surface area (Å²) in [7, 11) is 1.81. The molecule has 1 aliphatic rings. The highest BCUT2D eigenvalue weighted by Crippen LogP contribution is 2.14. The maximum absolute atomic E-state index is 11.5. The zero-order valence-electron chi connectivity index (χ0n) is 9.44. The van der Waals surface area contributed by atoms with Gasteiger partial charge in [-0.05, 0) is 25.7 Å². The molecule has 2 unspecified atom stereocenters. The normalized spacial score (nSPS) is 22.7. The van der Waals surface area contributed by atoms with Gasteiger partial charge in [0.2, 0.25) is 5.91 Å². The third-order valence-corrected chi connectivity index (χ3v) is 2.55. The highest BCUT2D eigenvalue weighted by atomic mass is 35.5. The fourth-order valence-electron chi connectivity index (χ4n) is 1.78. The summed E-state index contributed by atoms with van der Waals surface area (Å²) in [5.41, 5.74) is 5.52. The number of nitrogens with two attached hydrogens (primary N) is 1. The van der Waals surface area contributed by atoms with E-state index in [0.717, 1.165) is 32.6 Å². The molecule has 1 aliphatic heterocycles. The number of ether oxygens (including phenoxy) is 1. The predicted molar refractivity (Wildman–Crippen MR) is 62.1 cm³/mol. The van der Waals surface area contributed by atoms with E-state index >= 15 is 0 Å². The van der Waals surface area contributed by atoms with Crippen molar-refractivity contribution in [3.8, 4) is 0 Å². The summed E-state index contributed by atoms with van der Waals surface area (Å²) in [5.74, 6) is 0.493. The van der Waals surface area contributed by atoms with Crippen LogP contribution in [0, 0.1) is 5.92 Å². The number of halogens is 1. The molecule has 0 bridgehead atoms. The fraction of sp³-hybridized carbons (Fsp3) is 0.900. The molecule has 0 aliphatic carbocycles. The Balaban J connectivity index is 0.00000196. The molecule has 1 fully saturated rings. The van der Waals surface area contributed by atoms with E-state index in [0.29, 0.717) is 5.92 Å². The molecular weight excluding hydrogens is 216 g/mol. The van der Waals surface area contributed by atoms with Gasteiger partial charge in [0.25, 0.3) is 0 Å². The quantitative estimate of drug-likeness (QED) is 0.783. The van der Waals surface area contributed by atoms with Crippen LogP contribution in [-0.4, -0.2) is 43.7 Å². The van der Waals surface area contributed by atoms with Crippen molar-refractivity contribution in [1.29, 1.82) is 0 Å². The van der Waals surface area contributed by atoms with E-state index < -0.39 is 6.04 Å². The first-order chi connectivity index (χ1) is 6.61. The lowest BCUT2D eigenvalue weighted by molar-refractivity contribution is -0.132. The lowest BCUT2D eigenvalue weighted by Gasteiger charge is -2.27. The molecule has 15 heavy (non-hydrogen) atoms. The number of rotatable bonds is 3. The summed E-state index contributed by atoms with van der Waals surface area (Å²) in [6.07, 6.45) is 2.25. The second kappa shape index (κ2) is 7.04. The Hall–Kier alpha value is -0.320. The van der Waals surface area contributed by atoms with Crippen molar-refractivity contribution < 1.29 is 9.53 Å². The predicted octanol–water partition coefficient (Wildman–Crippen LogP) is 0.640. The van der Waals surface area contributed by atoms with Gasteiger partial charge < -0.3 is 15.4 Å². The zero-order valence-corrected chi connectivity index (χ0v) is 10.3. The van der Waals surface area contributed by atoms with E-state index in [1.165, 1.54) is 0 Å². The van der Waals surface area contributed by atoms with Crippen molar-refractivity contribution in [1.82, 2.24) is 4.90 Å². The third kappa shape index (κ3) is 4.82. The van der Waals surface area contributed by atoms with Gasteiger partial charge in [-0.3, -0.25) is 4.79 Å². The second-order valence-electron chi connectivity index (χ2n) is 4.09. The van der Waals surface area contributed by atoms with Gasteiger partial charge in [-0.2, -0.15) is 0 Å². The monoisotopic (exact) mass is 236 g/mol. The lowest BCUT2D eigenvalue weighted by atomic mass is 10.0. The highest BCUT2D eigenvalue weighted by molar-refractivity contribution is 5.85.